The van der Waals surface area contributed by atoms with Gasteiger partial charge >= 0.3 is 0 Å². The summed E-state index contributed by atoms with van der Waals surface area (Å²) >= 11 is 0. The number of carbonyl (C=O) groups is 1. The molecule has 1 aromatic heterocycles. The molecule has 2 aromatic rings. The van der Waals surface area contributed by atoms with Crippen LogP contribution in [0.4, 0.5) is 4.39 Å². The number of aryl methyl sites for hydroxylation is 1. The van der Waals surface area contributed by atoms with Crippen molar-refractivity contribution in [3.63, 3.8) is 0 Å². The van der Waals surface area contributed by atoms with Crippen LogP contribution in [0.5, 0.6) is 0 Å². The molecule has 0 bridgehead atoms. The summed E-state index contributed by atoms with van der Waals surface area (Å²) in [6.07, 6.45) is 2.29. The van der Waals surface area contributed by atoms with Crippen LogP contribution in [0.15, 0.2) is 30.3 Å². The van der Waals surface area contributed by atoms with E-state index in [1.807, 2.05) is 23.6 Å². The zero-order valence-electron chi connectivity index (χ0n) is 10.2. The molecule has 0 radical (unpaired) electrons. The van der Waals surface area contributed by atoms with Gasteiger partial charge in [0.25, 0.3) is 0 Å². The number of aromatic nitrogens is 1. The number of halogens is 1. The maximum absolute atomic E-state index is 13.9. The third-order valence-electron chi connectivity index (χ3n) is 3.50. The minimum absolute atomic E-state index is 0.175. The summed E-state index contributed by atoms with van der Waals surface area (Å²) in [5.41, 5.74) is 3.17. The van der Waals surface area contributed by atoms with Crippen LogP contribution in [0.2, 0.25) is 0 Å². The highest BCUT2D eigenvalue weighted by Crippen LogP contribution is 2.28. The summed E-state index contributed by atoms with van der Waals surface area (Å²) in [5.74, 6) is -0.0774. The largest absolute Gasteiger partial charge is 0.315 e. The van der Waals surface area contributed by atoms with Gasteiger partial charge in [-0.15, -0.1) is 0 Å². The van der Waals surface area contributed by atoms with Crippen molar-refractivity contribution in [2.75, 3.05) is 0 Å². The zero-order chi connectivity index (χ0) is 12.7. The fraction of sp³-hybridized carbons (Fsp3) is 0.267. The van der Waals surface area contributed by atoms with E-state index in [4.69, 9.17) is 0 Å². The number of fused-ring (bicyclic) bond motifs is 1. The Morgan fingerprint density at radius 2 is 2.00 bits per heavy atom. The molecule has 18 heavy (non-hydrogen) atoms. The Hall–Kier alpha value is -1.90. The van der Waals surface area contributed by atoms with Crippen molar-refractivity contribution < 1.29 is 9.18 Å². The summed E-state index contributed by atoms with van der Waals surface area (Å²) < 4.78 is 15.8. The molecule has 0 saturated carbocycles. The highest BCUT2D eigenvalue weighted by molar-refractivity contribution is 5.98. The van der Waals surface area contributed by atoms with Crippen LogP contribution in [-0.4, -0.2) is 10.4 Å². The number of Topliss-reactive ketones (excluding diaryl/α,β-unsaturated/α-hetero) is 1. The molecule has 0 aliphatic heterocycles. The minimum Gasteiger partial charge on any atom is -0.315 e. The maximum Gasteiger partial charge on any atom is 0.164 e. The third kappa shape index (κ3) is 1.58. The lowest BCUT2D eigenvalue weighted by molar-refractivity contribution is 0.0972. The minimum atomic E-state index is -0.253. The highest BCUT2D eigenvalue weighted by Gasteiger charge is 2.23. The summed E-state index contributed by atoms with van der Waals surface area (Å²) in [4.78, 5) is 11.9. The first-order chi connectivity index (χ1) is 8.68. The van der Waals surface area contributed by atoms with Gasteiger partial charge in [0.05, 0.1) is 5.69 Å². The Balaban J connectivity index is 2.25. The first kappa shape index (κ1) is 11.2. The Bertz CT molecular complexity index is 627. The summed E-state index contributed by atoms with van der Waals surface area (Å²) in [7, 11) is 0. The van der Waals surface area contributed by atoms with Gasteiger partial charge in [-0.1, -0.05) is 12.1 Å². The van der Waals surface area contributed by atoms with Gasteiger partial charge in [-0.25, -0.2) is 4.39 Å². The quantitative estimate of drug-likeness (QED) is 0.752. The van der Waals surface area contributed by atoms with Gasteiger partial charge in [-0.2, -0.15) is 0 Å². The Kier molecular flexibility index (Phi) is 2.54. The standard InChI is InChI=1S/C15H14FNO/c1-10-9-11-13(7-4-8-15(11)18)17(10)14-6-3-2-5-12(14)16/h2-3,5-6,9H,4,7-8H2,1H3. The second-order valence-corrected chi connectivity index (χ2v) is 4.71. The Morgan fingerprint density at radius 3 is 2.78 bits per heavy atom. The first-order valence-corrected chi connectivity index (χ1v) is 6.18. The van der Waals surface area contributed by atoms with Gasteiger partial charge in [-0.3, -0.25) is 4.79 Å². The topological polar surface area (TPSA) is 22.0 Å². The first-order valence-electron chi connectivity index (χ1n) is 6.18. The molecule has 0 spiro atoms. The Labute approximate surface area is 105 Å². The van der Waals surface area contributed by atoms with E-state index >= 15 is 0 Å². The van der Waals surface area contributed by atoms with Crippen molar-refractivity contribution in [3.8, 4) is 5.69 Å². The van der Waals surface area contributed by atoms with Crippen LogP contribution in [0.25, 0.3) is 5.69 Å². The molecule has 1 aliphatic rings. The van der Waals surface area contributed by atoms with Crippen molar-refractivity contribution in [2.45, 2.75) is 26.2 Å². The van der Waals surface area contributed by atoms with E-state index in [0.717, 1.165) is 29.8 Å². The molecular formula is C15H14FNO. The predicted molar refractivity (Wildman–Crippen MR) is 67.7 cm³/mol. The molecule has 1 aliphatic carbocycles. The molecule has 92 valence electrons. The molecule has 0 N–H and O–H groups in total. The fourth-order valence-corrected chi connectivity index (χ4v) is 2.70. The predicted octanol–water partition coefficient (Wildman–Crippen LogP) is 3.44. The maximum atomic E-state index is 13.9. The monoisotopic (exact) mass is 243 g/mol. The van der Waals surface area contributed by atoms with Gasteiger partial charge in [0.15, 0.2) is 5.78 Å². The van der Waals surface area contributed by atoms with Crippen LogP contribution in [0.1, 0.15) is 34.6 Å². The fourth-order valence-electron chi connectivity index (χ4n) is 2.70. The van der Waals surface area contributed by atoms with Gasteiger partial charge in [0.1, 0.15) is 5.82 Å². The van der Waals surface area contributed by atoms with E-state index in [0.29, 0.717) is 12.1 Å². The van der Waals surface area contributed by atoms with Crippen molar-refractivity contribution in [3.05, 3.63) is 53.1 Å². The lowest BCUT2D eigenvalue weighted by atomic mass is 9.96. The molecule has 0 unspecified atom stereocenters. The number of para-hydroxylation sites is 1. The Morgan fingerprint density at radius 1 is 1.22 bits per heavy atom. The zero-order valence-corrected chi connectivity index (χ0v) is 10.2. The number of ketones is 1. The molecular weight excluding hydrogens is 229 g/mol. The van der Waals surface area contributed by atoms with Crippen molar-refractivity contribution in [2.24, 2.45) is 0 Å². The van der Waals surface area contributed by atoms with Crippen molar-refractivity contribution >= 4 is 5.78 Å². The molecule has 0 fully saturated rings. The molecule has 1 aromatic carbocycles. The molecule has 3 heteroatoms. The number of benzene rings is 1. The summed E-state index contributed by atoms with van der Waals surface area (Å²) in [5, 5.41) is 0. The van der Waals surface area contributed by atoms with Crippen molar-refractivity contribution in [1.82, 2.24) is 4.57 Å². The molecule has 0 atom stereocenters. The average Bonchev–Trinajstić information content (AvgIpc) is 2.68. The van der Waals surface area contributed by atoms with E-state index in [-0.39, 0.29) is 11.6 Å². The molecule has 2 nitrogen and oxygen atoms in total. The van der Waals surface area contributed by atoms with Gasteiger partial charge in [0, 0.05) is 23.4 Å². The smallest absolute Gasteiger partial charge is 0.164 e. The van der Waals surface area contributed by atoms with Crippen LogP contribution in [0.3, 0.4) is 0 Å². The molecule has 0 saturated heterocycles. The van der Waals surface area contributed by atoms with E-state index in [2.05, 4.69) is 0 Å². The molecule has 0 amide bonds. The van der Waals surface area contributed by atoms with Gasteiger partial charge < -0.3 is 4.57 Å². The second-order valence-electron chi connectivity index (χ2n) is 4.71. The number of rotatable bonds is 1. The lowest BCUT2D eigenvalue weighted by Gasteiger charge is -2.16. The van der Waals surface area contributed by atoms with Crippen LogP contribution in [-0.2, 0) is 6.42 Å². The van der Waals surface area contributed by atoms with Crippen LogP contribution >= 0.6 is 0 Å². The summed E-state index contributed by atoms with van der Waals surface area (Å²) in [6, 6.07) is 8.57. The van der Waals surface area contributed by atoms with Crippen molar-refractivity contribution in [1.29, 1.82) is 0 Å². The van der Waals surface area contributed by atoms with Gasteiger partial charge in [-0.05, 0) is 38.0 Å². The second kappa shape index (κ2) is 4.09. The molecule has 1 heterocycles. The normalized spacial score (nSPS) is 14.7. The van der Waals surface area contributed by atoms with Crippen LogP contribution in [0, 0.1) is 12.7 Å². The third-order valence-corrected chi connectivity index (χ3v) is 3.50. The number of nitrogens with zero attached hydrogens (tertiary/aromatic N) is 1. The summed E-state index contributed by atoms with van der Waals surface area (Å²) in [6.45, 7) is 1.91. The number of hydrogen-bond acceptors (Lipinski definition) is 1. The van der Waals surface area contributed by atoms with E-state index in [1.165, 1.54) is 6.07 Å². The average molecular weight is 243 g/mol. The van der Waals surface area contributed by atoms with Crippen LogP contribution < -0.4 is 0 Å². The SMILES string of the molecule is Cc1cc2c(n1-c1ccccc1F)CCCC2=O. The van der Waals surface area contributed by atoms with E-state index in [1.54, 1.807) is 12.1 Å². The highest BCUT2D eigenvalue weighted by atomic mass is 19.1. The lowest BCUT2D eigenvalue weighted by Crippen LogP contribution is -2.13. The van der Waals surface area contributed by atoms with E-state index in [9.17, 15) is 9.18 Å². The molecule has 3 rings (SSSR count). The van der Waals surface area contributed by atoms with E-state index < -0.39 is 0 Å². The number of carbonyl (C=O) groups excluding carboxylic acids is 1. The number of hydrogen-bond donors (Lipinski definition) is 0. The van der Waals surface area contributed by atoms with Gasteiger partial charge in [0.2, 0.25) is 0 Å².